The number of aliphatic hydroxyl groups is 1. The Morgan fingerprint density at radius 3 is 2.62 bits per heavy atom. The first-order chi connectivity index (χ1) is 6.19. The van der Waals surface area contributed by atoms with E-state index in [2.05, 4.69) is 32.0 Å². The molecule has 0 unspecified atom stereocenters. The smallest absolute Gasteiger partial charge is 0.0534 e. The van der Waals surface area contributed by atoms with Crippen LogP contribution in [0.2, 0.25) is 0 Å². The van der Waals surface area contributed by atoms with E-state index in [1.165, 1.54) is 16.7 Å². The topological polar surface area (TPSA) is 20.2 Å². The van der Waals surface area contributed by atoms with Crippen molar-refractivity contribution in [2.75, 3.05) is 6.61 Å². The van der Waals surface area contributed by atoms with Crippen molar-refractivity contribution in [3.63, 3.8) is 0 Å². The van der Waals surface area contributed by atoms with E-state index in [1.54, 1.807) is 0 Å². The van der Waals surface area contributed by atoms with E-state index in [9.17, 15) is 0 Å². The zero-order valence-corrected chi connectivity index (χ0v) is 8.59. The lowest BCUT2D eigenvalue weighted by atomic mass is 9.93. The lowest BCUT2D eigenvalue weighted by Gasteiger charge is -2.13. The van der Waals surface area contributed by atoms with Crippen molar-refractivity contribution >= 4 is 0 Å². The van der Waals surface area contributed by atoms with Gasteiger partial charge in [-0.15, -0.1) is 0 Å². The fraction of sp³-hybridized carbons (Fsp3) is 0.417. The SMILES string of the molecule is CCc1ccc(C)cc1[C](C)CO. The highest BCUT2D eigenvalue weighted by Gasteiger charge is 2.08. The van der Waals surface area contributed by atoms with Gasteiger partial charge in [-0.25, -0.2) is 0 Å². The first-order valence-corrected chi connectivity index (χ1v) is 4.72. The van der Waals surface area contributed by atoms with E-state index in [0.717, 1.165) is 12.3 Å². The molecule has 0 spiro atoms. The molecule has 0 atom stereocenters. The molecule has 0 aromatic heterocycles. The first kappa shape index (κ1) is 10.3. The van der Waals surface area contributed by atoms with Gasteiger partial charge in [0.15, 0.2) is 0 Å². The highest BCUT2D eigenvalue weighted by molar-refractivity contribution is 5.40. The summed E-state index contributed by atoms with van der Waals surface area (Å²) in [6.07, 6.45) is 1.02. The number of rotatable bonds is 3. The van der Waals surface area contributed by atoms with Gasteiger partial charge >= 0.3 is 0 Å². The Hall–Kier alpha value is -0.820. The minimum absolute atomic E-state index is 0.149. The van der Waals surface area contributed by atoms with Crippen LogP contribution in [0.5, 0.6) is 0 Å². The molecule has 1 heteroatoms. The highest BCUT2D eigenvalue weighted by atomic mass is 16.3. The Morgan fingerprint density at radius 1 is 1.38 bits per heavy atom. The first-order valence-electron chi connectivity index (χ1n) is 4.72. The second kappa shape index (κ2) is 4.43. The van der Waals surface area contributed by atoms with Crippen LogP contribution in [0.15, 0.2) is 18.2 Å². The van der Waals surface area contributed by atoms with Crippen LogP contribution in [-0.4, -0.2) is 11.7 Å². The maximum atomic E-state index is 9.06. The Labute approximate surface area is 80.4 Å². The normalized spacial score (nSPS) is 10.8. The van der Waals surface area contributed by atoms with Crippen LogP contribution in [0.25, 0.3) is 0 Å². The molecular formula is C12H17O. The second-order valence-electron chi connectivity index (χ2n) is 3.45. The van der Waals surface area contributed by atoms with Gasteiger partial charge in [-0.2, -0.15) is 0 Å². The molecule has 13 heavy (non-hydrogen) atoms. The van der Waals surface area contributed by atoms with Crippen molar-refractivity contribution in [2.24, 2.45) is 0 Å². The second-order valence-corrected chi connectivity index (χ2v) is 3.45. The van der Waals surface area contributed by atoms with Crippen LogP contribution < -0.4 is 0 Å². The van der Waals surface area contributed by atoms with Gasteiger partial charge in [0.2, 0.25) is 0 Å². The molecular weight excluding hydrogens is 160 g/mol. The molecule has 1 rings (SSSR count). The van der Waals surface area contributed by atoms with Crippen molar-refractivity contribution in [1.29, 1.82) is 0 Å². The van der Waals surface area contributed by atoms with Gasteiger partial charge in [0.1, 0.15) is 0 Å². The molecule has 0 amide bonds. The van der Waals surface area contributed by atoms with Crippen LogP contribution in [0.3, 0.4) is 0 Å². The zero-order chi connectivity index (χ0) is 9.84. The molecule has 0 aliphatic heterocycles. The molecule has 71 valence electrons. The summed E-state index contributed by atoms with van der Waals surface area (Å²) in [6.45, 7) is 6.34. The quantitative estimate of drug-likeness (QED) is 0.752. The van der Waals surface area contributed by atoms with E-state index in [-0.39, 0.29) is 6.61 Å². The van der Waals surface area contributed by atoms with Crippen LogP contribution in [0.1, 0.15) is 30.5 Å². The van der Waals surface area contributed by atoms with E-state index < -0.39 is 0 Å². The van der Waals surface area contributed by atoms with Crippen LogP contribution >= 0.6 is 0 Å². The number of hydrogen-bond acceptors (Lipinski definition) is 1. The Bertz CT molecular complexity index is 278. The average Bonchev–Trinajstić information content (AvgIpc) is 2.16. The fourth-order valence-corrected chi connectivity index (χ4v) is 1.48. The predicted molar refractivity (Wildman–Crippen MR) is 55.7 cm³/mol. The van der Waals surface area contributed by atoms with E-state index in [1.807, 2.05) is 6.92 Å². The molecule has 1 aromatic rings. The van der Waals surface area contributed by atoms with E-state index >= 15 is 0 Å². The lowest BCUT2D eigenvalue weighted by Crippen LogP contribution is -2.04. The van der Waals surface area contributed by atoms with Gasteiger partial charge in [0.25, 0.3) is 0 Å². The molecule has 0 bridgehead atoms. The third-order valence-electron chi connectivity index (χ3n) is 2.34. The summed E-state index contributed by atoms with van der Waals surface area (Å²) in [6, 6.07) is 6.40. The summed E-state index contributed by atoms with van der Waals surface area (Å²) < 4.78 is 0. The van der Waals surface area contributed by atoms with Gasteiger partial charge in [0, 0.05) is 5.92 Å². The summed E-state index contributed by atoms with van der Waals surface area (Å²) in [5.41, 5.74) is 3.78. The summed E-state index contributed by atoms with van der Waals surface area (Å²) >= 11 is 0. The summed E-state index contributed by atoms with van der Waals surface area (Å²) in [7, 11) is 0. The molecule has 1 radical (unpaired) electrons. The Balaban J connectivity index is 3.07. The predicted octanol–water partition coefficient (Wildman–Crippen LogP) is 2.49. The maximum Gasteiger partial charge on any atom is 0.0534 e. The molecule has 0 saturated carbocycles. The number of aliphatic hydroxyl groups excluding tert-OH is 1. The van der Waals surface area contributed by atoms with Crippen molar-refractivity contribution in [2.45, 2.75) is 27.2 Å². The van der Waals surface area contributed by atoms with Crippen LogP contribution in [-0.2, 0) is 6.42 Å². The van der Waals surface area contributed by atoms with Gasteiger partial charge in [0.05, 0.1) is 6.61 Å². The Morgan fingerprint density at radius 2 is 2.08 bits per heavy atom. The van der Waals surface area contributed by atoms with Gasteiger partial charge in [-0.3, -0.25) is 0 Å². The van der Waals surface area contributed by atoms with E-state index in [0.29, 0.717) is 0 Å². The van der Waals surface area contributed by atoms with Crippen molar-refractivity contribution in [3.8, 4) is 0 Å². The standard InChI is InChI=1S/C12H17O/c1-4-11-6-5-9(2)7-12(11)10(3)8-13/h5-7,13H,4,8H2,1-3H3. The van der Waals surface area contributed by atoms with Crippen molar-refractivity contribution in [3.05, 3.63) is 40.8 Å². The van der Waals surface area contributed by atoms with Gasteiger partial charge < -0.3 is 5.11 Å². The minimum Gasteiger partial charge on any atom is -0.395 e. The summed E-state index contributed by atoms with van der Waals surface area (Å²) in [5.74, 6) is 1.06. The van der Waals surface area contributed by atoms with Crippen LogP contribution in [0, 0.1) is 12.8 Å². The van der Waals surface area contributed by atoms with Gasteiger partial charge in [-0.1, -0.05) is 37.6 Å². The molecule has 1 aromatic carbocycles. The third-order valence-corrected chi connectivity index (χ3v) is 2.34. The fourth-order valence-electron chi connectivity index (χ4n) is 1.48. The Kier molecular flexibility index (Phi) is 3.49. The average molecular weight is 177 g/mol. The molecule has 0 fully saturated rings. The summed E-state index contributed by atoms with van der Waals surface area (Å²) in [5, 5.41) is 9.06. The highest BCUT2D eigenvalue weighted by Crippen LogP contribution is 2.20. The third kappa shape index (κ3) is 2.31. The lowest BCUT2D eigenvalue weighted by molar-refractivity contribution is 0.314. The van der Waals surface area contributed by atoms with Crippen molar-refractivity contribution in [1.82, 2.24) is 0 Å². The molecule has 1 nitrogen and oxygen atoms in total. The van der Waals surface area contributed by atoms with E-state index in [4.69, 9.17) is 5.11 Å². The van der Waals surface area contributed by atoms with Crippen LogP contribution in [0.4, 0.5) is 0 Å². The maximum absolute atomic E-state index is 9.06. The molecule has 0 aliphatic rings. The van der Waals surface area contributed by atoms with Crippen molar-refractivity contribution < 1.29 is 5.11 Å². The molecule has 0 heterocycles. The molecule has 0 saturated heterocycles. The number of aryl methyl sites for hydroxylation is 2. The minimum atomic E-state index is 0.149. The molecule has 0 aliphatic carbocycles. The number of hydrogen-bond donors (Lipinski definition) is 1. The zero-order valence-electron chi connectivity index (χ0n) is 8.59. The number of benzene rings is 1. The monoisotopic (exact) mass is 177 g/mol. The molecule has 1 N–H and O–H groups in total. The largest absolute Gasteiger partial charge is 0.395 e. The van der Waals surface area contributed by atoms with Gasteiger partial charge in [-0.05, 0) is 24.5 Å². The summed E-state index contributed by atoms with van der Waals surface area (Å²) in [4.78, 5) is 0.